The Bertz CT molecular complexity index is 452. The molecule has 0 heterocycles. The molecule has 1 saturated carbocycles. The molecule has 0 aromatic heterocycles. The predicted molar refractivity (Wildman–Crippen MR) is 86.2 cm³/mol. The molecule has 2 rings (SSSR count). The highest BCUT2D eigenvalue weighted by molar-refractivity contribution is 6.19. The van der Waals surface area contributed by atoms with Gasteiger partial charge in [0.15, 0.2) is 0 Å². The van der Waals surface area contributed by atoms with Crippen molar-refractivity contribution in [3.63, 3.8) is 0 Å². The predicted octanol–water partition coefficient (Wildman–Crippen LogP) is 4.15. The summed E-state index contributed by atoms with van der Waals surface area (Å²) in [6, 6.07) is 7.33. The van der Waals surface area contributed by atoms with Crippen LogP contribution in [0.25, 0.3) is 0 Å². The molecule has 1 N–H and O–H groups in total. The smallest absolute Gasteiger partial charge is 0.251 e. The van der Waals surface area contributed by atoms with Gasteiger partial charge < -0.3 is 10.1 Å². The minimum Gasteiger partial charge on any atom is -0.494 e. The van der Waals surface area contributed by atoms with Crippen LogP contribution in [0.3, 0.4) is 0 Å². The van der Waals surface area contributed by atoms with Crippen molar-refractivity contribution in [1.82, 2.24) is 5.32 Å². The highest BCUT2D eigenvalue weighted by Gasteiger charge is 2.34. The summed E-state index contributed by atoms with van der Waals surface area (Å²) in [6.45, 7) is 2.85. The van der Waals surface area contributed by atoms with E-state index in [2.05, 4.69) is 12.2 Å². The van der Waals surface area contributed by atoms with E-state index in [1.807, 2.05) is 24.3 Å². The van der Waals surface area contributed by atoms with Crippen molar-refractivity contribution < 1.29 is 9.53 Å². The van der Waals surface area contributed by atoms with Crippen LogP contribution in [-0.4, -0.2) is 23.9 Å². The van der Waals surface area contributed by atoms with Crippen LogP contribution in [0.5, 0.6) is 5.75 Å². The second-order valence-electron chi connectivity index (χ2n) is 5.80. The molecule has 0 aliphatic heterocycles. The van der Waals surface area contributed by atoms with Gasteiger partial charge in [-0.2, -0.15) is 0 Å². The fourth-order valence-electron chi connectivity index (χ4n) is 2.69. The first kappa shape index (κ1) is 16.2. The maximum Gasteiger partial charge on any atom is 0.251 e. The summed E-state index contributed by atoms with van der Waals surface area (Å²) in [5.74, 6) is 1.25. The van der Waals surface area contributed by atoms with Crippen molar-refractivity contribution in [2.75, 3.05) is 12.5 Å². The largest absolute Gasteiger partial charge is 0.494 e. The molecular weight excluding hydrogens is 286 g/mol. The fourth-order valence-corrected chi connectivity index (χ4v) is 3.03. The minimum atomic E-state index is -0.213. The lowest BCUT2D eigenvalue weighted by molar-refractivity contribution is 0.0909. The third-order valence-corrected chi connectivity index (χ3v) is 4.59. The molecule has 0 atom stereocenters. The lowest BCUT2D eigenvalue weighted by atomic mass is 9.99. The molecular formula is C17H24ClNO2. The molecule has 1 fully saturated rings. The molecule has 1 aliphatic carbocycles. The highest BCUT2D eigenvalue weighted by atomic mass is 35.5. The van der Waals surface area contributed by atoms with E-state index in [-0.39, 0.29) is 11.4 Å². The number of carbonyl (C=O) groups excluding carboxylic acids is 1. The van der Waals surface area contributed by atoms with E-state index in [1.165, 1.54) is 0 Å². The Labute approximate surface area is 132 Å². The Kier molecular flexibility index (Phi) is 5.92. The monoisotopic (exact) mass is 309 g/mol. The second-order valence-corrected chi connectivity index (χ2v) is 6.07. The number of rotatable bonds is 7. The highest BCUT2D eigenvalue weighted by Crippen LogP contribution is 2.31. The molecule has 0 saturated heterocycles. The lowest BCUT2D eigenvalue weighted by Crippen LogP contribution is -2.47. The summed E-state index contributed by atoms with van der Waals surface area (Å²) in [7, 11) is 0. The topological polar surface area (TPSA) is 38.3 Å². The van der Waals surface area contributed by atoms with E-state index in [1.54, 1.807) is 0 Å². The molecule has 3 nitrogen and oxygen atoms in total. The number of nitrogens with one attached hydrogen (secondary N) is 1. The molecule has 0 unspecified atom stereocenters. The molecule has 0 bridgehead atoms. The van der Waals surface area contributed by atoms with Crippen molar-refractivity contribution in [3.05, 3.63) is 29.8 Å². The van der Waals surface area contributed by atoms with Crippen LogP contribution in [-0.2, 0) is 0 Å². The van der Waals surface area contributed by atoms with Gasteiger partial charge in [-0.05, 0) is 43.5 Å². The van der Waals surface area contributed by atoms with Gasteiger partial charge >= 0.3 is 0 Å². The average molecular weight is 310 g/mol. The summed E-state index contributed by atoms with van der Waals surface area (Å²) in [5, 5.41) is 3.12. The van der Waals surface area contributed by atoms with Crippen LogP contribution in [0.4, 0.5) is 0 Å². The summed E-state index contributed by atoms with van der Waals surface area (Å²) in [6.07, 6.45) is 6.37. The Hall–Kier alpha value is -1.22. The average Bonchev–Trinajstić information content (AvgIpc) is 2.97. The van der Waals surface area contributed by atoms with Gasteiger partial charge in [-0.1, -0.05) is 26.2 Å². The van der Waals surface area contributed by atoms with Gasteiger partial charge in [0.1, 0.15) is 5.75 Å². The molecule has 1 aliphatic rings. The fraction of sp³-hybridized carbons (Fsp3) is 0.588. The van der Waals surface area contributed by atoms with E-state index in [0.717, 1.165) is 50.9 Å². The Morgan fingerprint density at radius 3 is 2.52 bits per heavy atom. The van der Waals surface area contributed by atoms with Crippen molar-refractivity contribution in [1.29, 1.82) is 0 Å². The first-order valence-corrected chi connectivity index (χ1v) is 8.34. The first-order valence-electron chi connectivity index (χ1n) is 7.80. The summed E-state index contributed by atoms with van der Waals surface area (Å²) >= 11 is 6.06. The summed E-state index contributed by atoms with van der Waals surface area (Å²) < 4.78 is 5.60. The number of carbonyl (C=O) groups is 1. The van der Waals surface area contributed by atoms with E-state index in [4.69, 9.17) is 16.3 Å². The van der Waals surface area contributed by atoms with E-state index in [0.29, 0.717) is 11.4 Å². The van der Waals surface area contributed by atoms with Crippen molar-refractivity contribution >= 4 is 17.5 Å². The molecule has 1 amide bonds. The van der Waals surface area contributed by atoms with E-state index in [9.17, 15) is 4.79 Å². The van der Waals surface area contributed by atoms with Crippen LogP contribution >= 0.6 is 11.6 Å². The molecule has 0 spiro atoms. The van der Waals surface area contributed by atoms with Gasteiger partial charge in [0, 0.05) is 11.4 Å². The molecule has 21 heavy (non-hydrogen) atoms. The molecule has 0 radical (unpaired) electrons. The minimum absolute atomic E-state index is 0.0438. The van der Waals surface area contributed by atoms with Gasteiger partial charge in [0.25, 0.3) is 5.91 Å². The number of amides is 1. The second kappa shape index (κ2) is 7.69. The van der Waals surface area contributed by atoms with Gasteiger partial charge in [-0.25, -0.2) is 0 Å². The molecule has 116 valence electrons. The van der Waals surface area contributed by atoms with Gasteiger partial charge in [-0.3, -0.25) is 4.79 Å². The van der Waals surface area contributed by atoms with Gasteiger partial charge in [0.05, 0.1) is 12.1 Å². The number of unbranched alkanes of at least 4 members (excludes halogenated alkanes) is 1. The van der Waals surface area contributed by atoms with Gasteiger partial charge in [-0.15, -0.1) is 11.6 Å². The number of hydrogen-bond donors (Lipinski definition) is 1. The third kappa shape index (κ3) is 4.37. The number of benzene rings is 1. The summed E-state index contributed by atoms with van der Waals surface area (Å²) in [4.78, 5) is 12.3. The van der Waals surface area contributed by atoms with Crippen molar-refractivity contribution in [3.8, 4) is 5.75 Å². The third-order valence-electron chi connectivity index (χ3n) is 4.08. The van der Waals surface area contributed by atoms with Gasteiger partial charge in [0.2, 0.25) is 0 Å². The van der Waals surface area contributed by atoms with Crippen LogP contribution in [0.2, 0.25) is 0 Å². The number of alkyl halides is 1. The SMILES string of the molecule is CCCCOc1ccc(C(=O)NC2(CCl)CCCC2)cc1. The zero-order chi connectivity index (χ0) is 15.1. The number of ether oxygens (including phenoxy) is 1. The number of halogens is 1. The van der Waals surface area contributed by atoms with Crippen LogP contribution in [0, 0.1) is 0 Å². The van der Waals surface area contributed by atoms with E-state index < -0.39 is 0 Å². The zero-order valence-electron chi connectivity index (χ0n) is 12.7. The maximum absolute atomic E-state index is 12.3. The molecule has 1 aromatic rings. The maximum atomic E-state index is 12.3. The summed E-state index contributed by atoms with van der Waals surface area (Å²) in [5.41, 5.74) is 0.448. The first-order chi connectivity index (χ1) is 10.2. The molecule has 1 aromatic carbocycles. The Morgan fingerprint density at radius 2 is 1.95 bits per heavy atom. The van der Waals surface area contributed by atoms with E-state index >= 15 is 0 Å². The standard InChI is InChI=1S/C17H24ClNO2/c1-2-3-12-21-15-8-6-14(7-9-15)16(20)19-17(13-18)10-4-5-11-17/h6-9H,2-5,10-13H2,1H3,(H,19,20). The zero-order valence-corrected chi connectivity index (χ0v) is 13.4. The van der Waals surface area contributed by atoms with Crippen molar-refractivity contribution in [2.24, 2.45) is 0 Å². The van der Waals surface area contributed by atoms with Crippen LogP contribution < -0.4 is 10.1 Å². The Balaban J connectivity index is 1.93. The number of hydrogen-bond acceptors (Lipinski definition) is 2. The van der Waals surface area contributed by atoms with Crippen LogP contribution in [0.1, 0.15) is 55.8 Å². The van der Waals surface area contributed by atoms with Crippen LogP contribution in [0.15, 0.2) is 24.3 Å². The quantitative estimate of drug-likeness (QED) is 0.607. The molecule has 4 heteroatoms. The normalized spacial score (nSPS) is 16.7. The Morgan fingerprint density at radius 1 is 1.29 bits per heavy atom. The van der Waals surface area contributed by atoms with Crippen molar-refractivity contribution in [2.45, 2.75) is 51.0 Å². The lowest BCUT2D eigenvalue weighted by Gasteiger charge is -2.27.